The number of hydrazine groups is 1. The quantitative estimate of drug-likeness (QED) is 0.743. The molecule has 0 radical (unpaired) electrons. The molecule has 1 aromatic carbocycles. The molecule has 0 aromatic heterocycles. The Labute approximate surface area is 99.5 Å². The highest BCUT2D eigenvalue weighted by Gasteiger charge is 2.20. The SMILES string of the molecule is NN1CCN(C(=O)c2cccc(Cl)c2)CC1. The number of carbonyl (C=O) groups is 1. The smallest absolute Gasteiger partial charge is 0.253 e. The zero-order chi connectivity index (χ0) is 11.5. The topological polar surface area (TPSA) is 49.6 Å². The molecule has 4 nitrogen and oxygen atoms in total. The zero-order valence-corrected chi connectivity index (χ0v) is 9.65. The third-order valence-corrected chi connectivity index (χ3v) is 2.91. The Morgan fingerprint density at radius 2 is 1.94 bits per heavy atom. The van der Waals surface area contributed by atoms with Crippen LogP contribution in [0, 0.1) is 0 Å². The van der Waals surface area contributed by atoms with Gasteiger partial charge >= 0.3 is 0 Å². The number of benzene rings is 1. The van der Waals surface area contributed by atoms with Crippen LogP contribution in [0.1, 0.15) is 10.4 Å². The fourth-order valence-corrected chi connectivity index (χ4v) is 1.92. The van der Waals surface area contributed by atoms with E-state index in [4.69, 9.17) is 17.4 Å². The van der Waals surface area contributed by atoms with Crippen molar-refractivity contribution in [3.8, 4) is 0 Å². The van der Waals surface area contributed by atoms with E-state index >= 15 is 0 Å². The summed E-state index contributed by atoms with van der Waals surface area (Å²) in [5.41, 5.74) is 0.637. The first-order valence-electron chi connectivity index (χ1n) is 5.21. The van der Waals surface area contributed by atoms with Crippen LogP contribution in [-0.4, -0.2) is 42.0 Å². The fraction of sp³-hybridized carbons (Fsp3) is 0.364. The number of nitrogens with two attached hydrogens (primary N) is 1. The van der Waals surface area contributed by atoms with Gasteiger partial charge in [0, 0.05) is 36.8 Å². The maximum atomic E-state index is 12.1. The van der Waals surface area contributed by atoms with Crippen LogP contribution in [-0.2, 0) is 0 Å². The average Bonchev–Trinajstić information content (AvgIpc) is 2.29. The Balaban J connectivity index is 2.08. The summed E-state index contributed by atoms with van der Waals surface area (Å²) >= 11 is 5.85. The first kappa shape index (κ1) is 11.4. The average molecular weight is 240 g/mol. The van der Waals surface area contributed by atoms with Gasteiger partial charge in [-0.25, -0.2) is 5.01 Å². The van der Waals surface area contributed by atoms with Gasteiger partial charge in [0.05, 0.1) is 0 Å². The van der Waals surface area contributed by atoms with Crippen molar-refractivity contribution < 1.29 is 4.79 Å². The summed E-state index contributed by atoms with van der Waals surface area (Å²) < 4.78 is 0. The molecule has 1 aliphatic rings. The Morgan fingerprint density at radius 3 is 2.56 bits per heavy atom. The molecule has 86 valence electrons. The Kier molecular flexibility index (Phi) is 3.43. The van der Waals surface area contributed by atoms with Crippen LogP contribution in [0.25, 0.3) is 0 Å². The van der Waals surface area contributed by atoms with E-state index in [1.165, 1.54) is 0 Å². The summed E-state index contributed by atoms with van der Waals surface area (Å²) in [7, 11) is 0. The van der Waals surface area contributed by atoms with E-state index in [1.807, 2.05) is 0 Å². The van der Waals surface area contributed by atoms with Crippen LogP contribution >= 0.6 is 11.6 Å². The first-order chi connectivity index (χ1) is 7.66. The number of nitrogens with zero attached hydrogens (tertiary/aromatic N) is 2. The predicted molar refractivity (Wildman–Crippen MR) is 63.1 cm³/mol. The third-order valence-electron chi connectivity index (χ3n) is 2.67. The van der Waals surface area contributed by atoms with E-state index in [-0.39, 0.29) is 5.91 Å². The largest absolute Gasteiger partial charge is 0.336 e. The second-order valence-electron chi connectivity index (χ2n) is 3.84. The normalized spacial score (nSPS) is 17.5. The van der Waals surface area contributed by atoms with E-state index < -0.39 is 0 Å². The highest BCUT2D eigenvalue weighted by molar-refractivity contribution is 6.30. The number of carbonyl (C=O) groups excluding carboxylic acids is 1. The molecular weight excluding hydrogens is 226 g/mol. The maximum absolute atomic E-state index is 12.1. The van der Waals surface area contributed by atoms with Gasteiger partial charge in [-0.2, -0.15) is 0 Å². The molecule has 0 unspecified atom stereocenters. The standard InChI is InChI=1S/C11H14ClN3O/c12-10-3-1-2-9(8-10)11(16)14-4-6-15(13)7-5-14/h1-3,8H,4-7,13H2. The monoisotopic (exact) mass is 239 g/mol. The minimum Gasteiger partial charge on any atom is -0.336 e. The van der Waals surface area contributed by atoms with Gasteiger partial charge in [0.1, 0.15) is 0 Å². The summed E-state index contributed by atoms with van der Waals surface area (Å²) in [4.78, 5) is 13.9. The van der Waals surface area contributed by atoms with Crippen molar-refractivity contribution >= 4 is 17.5 Å². The molecule has 0 atom stereocenters. The van der Waals surface area contributed by atoms with Gasteiger partial charge in [-0.1, -0.05) is 17.7 Å². The summed E-state index contributed by atoms with van der Waals surface area (Å²) in [5.74, 6) is 5.66. The maximum Gasteiger partial charge on any atom is 0.253 e. The molecule has 2 N–H and O–H groups in total. The van der Waals surface area contributed by atoms with Gasteiger partial charge in [0.25, 0.3) is 5.91 Å². The minimum atomic E-state index is 0.0237. The molecule has 1 aromatic rings. The minimum absolute atomic E-state index is 0.0237. The summed E-state index contributed by atoms with van der Waals surface area (Å²) in [6, 6.07) is 7.02. The highest BCUT2D eigenvalue weighted by Crippen LogP contribution is 2.13. The van der Waals surface area contributed by atoms with Crippen molar-refractivity contribution in [1.82, 2.24) is 9.91 Å². The fourth-order valence-electron chi connectivity index (χ4n) is 1.73. The Bertz CT molecular complexity index is 389. The molecule has 16 heavy (non-hydrogen) atoms. The number of halogens is 1. The van der Waals surface area contributed by atoms with Crippen molar-refractivity contribution in [2.75, 3.05) is 26.2 Å². The van der Waals surface area contributed by atoms with Crippen molar-refractivity contribution in [2.45, 2.75) is 0 Å². The van der Waals surface area contributed by atoms with Crippen LogP contribution in [0.15, 0.2) is 24.3 Å². The van der Waals surface area contributed by atoms with Gasteiger partial charge in [0.2, 0.25) is 0 Å². The van der Waals surface area contributed by atoms with Gasteiger partial charge < -0.3 is 4.90 Å². The van der Waals surface area contributed by atoms with E-state index in [2.05, 4.69) is 0 Å². The van der Waals surface area contributed by atoms with Crippen LogP contribution in [0.3, 0.4) is 0 Å². The van der Waals surface area contributed by atoms with Gasteiger partial charge in [-0.05, 0) is 18.2 Å². The third kappa shape index (κ3) is 2.52. The number of piperazine rings is 1. The van der Waals surface area contributed by atoms with E-state index in [9.17, 15) is 4.79 Å². The first-order valence-corrected chi connectivity index (χ1v) is 5.59. The molecule has 0 spiro atoms. The molecular formula is C11H14ClN3O. The highest BCUT2D eigenvalue weighted by atomic mass is 35.5. The lowest BCUT2D eigenvalue weighted by atomic mass is 10.2. The number of hydrogen-bond donors (Lipinski definition) is 1. The van der Waals surface area contributed by atoms with Crippen LogP contribution < -0.4 is 5.84 Å². The molecule has 1 aliphatic heterocycles. The number of hydrogen-bond acceptors (Lipinski definition) is 3. The molecule has 0 saturated carbocycles. The molecule has 1 amide bonds. The Hall–Kier alpha value is -1.10. The lowest BCUT2D eigenvalue weighted by Crippen LogP contribution is -2.51. The van der Waals surface area contributed by atoms with E-state index in [1.54, 1.807) is 34.2 Å². The van der Waals surface area contributed by atoms with Crippen LogP contribution in [0.2, 0.25) is 5.02 Å². The molecule has 0 bridgehead atoms. The Morgan fingerprint density at radius 1 is 1.25 bits per heavy atom. The van der Waals surface area contributed by atoms with Crippen molar-refractivity contribution in [3.63, 3.8) is 0 Å². The van der Waals surface area contributed by atoms with Crippen molar-refractivity contribution in [2.24, 2.45) is 5.84 Å². The zero-order valence-electron chi connectivity index (χ0n) is 8.90. The number of rotatable bonds is 1. The lowest BCUT2D eigenvalue weighted by molar-refractivity contribution is 0.0638. The molecule has 5 heteroatoms. The summed E-state index contributed by atoms with van der Waals surface area (Å²) in [6.07, 6.45) is 0. The van der Waals surface area contributed by atoms with E-state index in [0.717, 1.165) is 0 Å². The lowest BCUT2D eigenvalue weighted by Gasteiger charge is -2.32. The predicted octanol–water partition coefficient (Wildman–Crippen LogP) is 0.972. The molecule has 0 aliphatic carbocycles. The van der Waals surface area contributed by atoms with Crippen molar-refractivity contribution in [3.05, 3.63) is 34.9 Å². The van der Waals surface area contributed by atoms with Crippen molar-refractivity contribution in [1.29, 1.82) is 0 Å². The van der Waals surface area contributed by atoms with Gasteiger partial charge in [-0.3, -0.25) is 10.6 Å². The second kappa shape index (κ2) is 4.82. The summed E-state index contributed by atoms with van der Waals surface area (Å²) in [5, 5.41) is 2.31. The summed E-state index contributed by atoms with van der Waals surface area (Å²) in [6.45, 7) is 2.77. The second-order valence-corrected chi connectivity index (χ2v) is 4.27. The van der Waals surface area contributed by atoms with Crippen LogP contribution in [0.4, 0.5) is 0 Å². The van der Waals surface area contributed by atoms with Crippen LogP contribution in [0.5, 0.6) is 0 Å². The van der Waals surface area contributed by atoms with E-state index in [0.29, 0.717) is 36.8 Å². The molecule has 2 rings (SSSR count). The molecule has 1 heterocycles. The van der Waals surface area contributed by atoms with Gasteiger partial charge in [-0.15, -0.1) is 0 Å². The van der Waals surface area contributed by atoms with Gasteiger partial charge in [0.15, 0.2) is 0 Å². The molecule has 1 saturated heterocycles. The molecule has 1 fully saturated rings. The number of amides is 1.